The molecule has 0 spiro atoms. The lowest BCUT2D eigenvalue weighted by molar-refractivity contribution is 0.532. The van der Waals surface area contributed by atoms with Gasteiger partial charge in [-0.2, -0.15) is 0 Å². The maximum absolute atomic E-state index is 5.79. The zero-order valence-corrected chi connectivity index (χ0v) is 11.7. The second-order valence-corrected chi connectivity index (χ2v) is 5.86. The summed E-state index contributed by atoms with van der Waals surface area (Å²) in [7, 11) is 0. The van der Waals surface area contributed by atoms with Crippen molar-refractivity contribution in [3.05, 3.63) is 20.8 Å². The van der Waals surface area contributed by atoms with E-state index in [1.54, 1.807) is 11.3 Å². The maximum Gasteiger partial charge on any atom is 0.0285 e. The van der Waals surface area contributed by atoms with Gasteiger partial charge >= 0.3 is 0 Å². The van der Waals surface area contributed by atoms with Crippen LogP contribution in [0, 0.1) is 0 Å². The monoisotopic (exact) mass is 290 g/mol. The average molecular weight is 291 g/mol. The predicted molar refractivity (Wildman–Crippen MR) is 71.6 cm³/mol. The molecule has 1 unspecified atom stereocenters. The SMILES string of the molecule is CC(C)NCCC(CN)c1cc(Br)cs1. The van der Waals surface area contributed by atoms with Gasteiger partial charge in [-0.15, -0.1) is 11.3 Å². The Bertz CT molecular complexity index is 286. The first-order valence-corrected chi connectivity index (χ1v) is 6.98. The van der Waals surface area contributed by atoms with Crippen molar-refractivity contribution in [2.75, 3.05) is 13.1 Å². The molecular formula is C11H19BrN2S. The van der Waals surface area contributed by atoms with Crippen LogP contribution in [0.2, 0.25) is 0 Å². The molecule has 1 aromatic rings. The van der Waals surface area contributed by atoms with Gasteiger partial charge in [0.05, 0.1) is 0 Å². The van der Waals surface area contributed by atoms with E-state index < -0.39 is 0 Å². The zero-order valence-electron chi connectivity index (χ0n) is 9.29. The molecule has 1 heterocycles. The van der Waals surface area contributed by atoms with E-state index in [0.29, 0.717) is 12.0 Å². The number of nitrogens with one attached hydrogen (secondary N) is 1. The number of hydrogen-bond acceptors (Lipinski definition) is 3. The molecule has 2 nitrogen and oxygen atoms in total. The summed E-state index contributed by atoms with van der Waals surface area (Å²) in [6, 6.07) is 2.73. The summed E-state index contributed by atoms with van der Waals surface area (Å²) in [5, 5.41) is 5.54. The molecule has 0 bridgehead atoms. The van der Waals surface area contributed by atoms with Gasteiger partial charge in [-0.25, -0.2) is 0 Å². The van der Waals surface area contributed by atoms with Crippen molar-refractivity contribution >= 4 is 27.3 Å². The van der Waals surface area contributed by atoms with Crippen molar-refractivity contribution in [2.45, 2.75) is 32.2 Å². The lowest BCUT2D eigenvalue weighted by Gasteiger charge is -2.14. The highest BCUT2D eigenvalue weighted by Gasteiger charge is 2.11. The fourth-order valence-corrected chi connectivity index (χ4v) is 3.06. The molecule has 1 rings (SSSR count). The normalized spacial score (nSPS) is 13.4. The highest BCUT2D eigenvalue weighted by molar-refractivity contribution is 9.10. The molecule has 0 aliphatic carbocycles. The Morgan fingerprint density at radius 2 is 2.27 bits per heavy atom. The molecule has 15 heavy (non-hydrogen) atoms. The van der Waals surface area contributed by atoms with Crippen molar-refractivity contribution in [2.24, 2.45) is 5.73 Å². The molecule has 4 heteroatoms. The molecule has 0 amide bonds. The number of halogens is 1. The van der Waals surface area contributed by atoms with Crippen LogP contribution in [0.5, 0.6) is 0 Å². The second kappa shape index (κ2) is 6.63. The average Bonchev–Trinajstić information content (AvgIpc) is 2.59. The molecule has 0 aliphatic heterocycles. The summed E-state index contributed by atoms with van der Waals surface area (Å²) < 4.78 is 1.16. The summed E-state index contributed by atoms with van der Waals surface area (Å²) in [5.74, 6) is 0.493. The lowest BCUT2D eigenvalue weighted by Crippen LogP contribution is -2.26. The van der Waals surface area contributed by atoms with Crippen LogP contribution in [0.3, 0.4) is 0 Å². The second-order valence-electron chi connectivity index (χ2n) is 4.00. The van der Waals surface area contributed by atoms with Gasteiger partial charge in [0.15, 0.2) is 0 Å². The van der Waals surface area contributed by atoms with E-state index in [1.165, 1.54) is 4.88 Å². The van der Waals surface area contributed by atoms with E-state index >= 15 is 0 Å². The van der Waals surface area contributed by atoms with Gasteiger partial charge in [-0.05, 0) is 35.0 Å². The molecule has 1 aromatic heterocycles. The van der Waals surface area contributed by atoms with Crippen LogP contribution in [-0.2, 0) is 0 Å². The van der Waals surface area contributed by atoms with E-state index in [0.717, 1.165) is 24.0 Å². The van der Waals surface area contributed by atoms with Crippen molar-refractivity contribution in [3.63, 3.8) is 0 Å². The molecule has 0 radical (unpaired) electrons. The Morgan fingerprint density at radius 1 is 1.53 bits per heavy atom. The lowest BCUT2D eigenvalue weighted by atomic mass is 10.0. The number of rotatable bonds is 6. The quantitative estimate of drug-likeness (QED) is 0.845. The van der Waals surface area contributed by atoms with E-state index in [1.807, 2.05) is 0 Å². The fraction of sp³-hybridized carbons (Fsp3) is 0.636. The Balaban J connectivity index is 2.42. The van der Waals surface area contributed by atoms with Crippen LogP contribution in [0.25, 0.3) is 0 Å². The van der Waals surface area contributed by atoms with Crippen LogP contribution in [0.4, 0.5) is 0 Å². The first-order valence-electron chi connectivity index (χ1n) is 5.31. The van der Waals surface area contributed by atoms with Gasteiger partial charge < -0.3 is 11.1 Å². The fourth-order valence-electron chi connectivity index (χ4n) is 1.46. The largest absolute Gasteiger partial charge is 0.330 e. The van der Waals surface area contributed by atoms with E-state index in [9.17, 15) is 0 Å². The van der Waals surface area contributed by atoms with Crippen molar-refractivity contribution in [1.82, 2.24) is 5.32 Å². The van der Waals surface area contributed by atoms with E-state index in [4.69, 9.17) is 5.73 Å². The number of thiophene rings is 1. The number of hydrogen-bond donors (Lipinski definition) is 2. The van der Waals surface area contributed by atoms with Crippen molar-refractivity contribution in [3.8, 4) is 0 Å². The Labute approximate surface area is 104 Å². The molecule has 0 aromatic carbocycles. The van der Waals surface area contributed by atoms with E-state index in [2.05, 4.69) is 46.5 Å². The van der Waals surface area contributed by atoms with Gasteiger partial charge in [0.2, 0.25) is 0 Å². The molecule has 3 N–H and O–H groups in total. The number of nitrogens with two attached hydrogens (primary N) is 1. The van der Waals surface area contributed by atoms with Gasteiger partial charge in [-0.3, -0.25) is 0 Å². The van der Waals surface area contributed by atoms with Gasteiger partial charge in [0.25, 0.3) is 0 Å². The standard InChI is InChI=1S/C11H19BrN2S/c1-8(2)14-4-3-9(6-13)11-5-10(12)7-15-11/h5,7-9,14H,3-4,6,13H2,1-2H3. The van der Waals surface area contributed by atoms with Gasteiger partial charge in [-0.1, -0.05) is 13.8 Å². The topological polar surface area (TPSA) is 38.0 Å². The minimum Gasteiger partial charge on any atom is -0.330 e. The molecule has 86 valence electrons. The first kappa shape index (κ1) is 13.2. The third-order valence-corrected chi connectivity index (χ3v) is 4.18. The predicted octanol–water partition coefficient (Wildman–Crippen LogP) is 2.94. The Hall–Kier alpha value is 0.1000. The molecule has 0 fully saturated rings. The third kappa shape index (κ3) is 4.64. The van der Waals surface area contributed by atoms with Crippen LogP contribution >= 0.6 is 27.3 Å². The minimum atomic E-state index is 0.493. The first-order chi connectivity index (χ1) is 7.13. The maximum atomic E-state index is 5.79. The van der Waals surface area contributed by atoms with Crippen LogP contribution in [0.1, 0.15) is 31.1 Å². The smallest absolute Gasteiger partial charge is 0.0285 e. The molecule has 0 aliphatic rings. The Kier molecular flexibility index (Phi) is 5.82. The van der Waals surface area contributed by atoms with E-state index in [-0.39, 0.29) is 0 Å². The summed E-state index contributed by atoms with van der Waals surface area (Å²) in [6.45, 7) is 6.10. The minimum absolute atomic E-state index is 0.493. The summed E-state index contributed by atoms with van der Waals surface area (Å²) in [6.07, 6.45) is 1.11. The van der Waals surface area contributed by atoms with Crippen molar-refractivity contribution in [1.29, 1.82) is 0 Å². The molecule has 1 atom stereocenters. The van der Waals surface area contributed by atoms with Crippen LogP contribution in [0.15, 0.2) is 15.9 Å². The third-order valence-electron chi connectivity index (χ3n) is 2.32. The van der Waals surface area contributed by atoms with Crippen LogP contribution in [-0.4, -0.2) is 19.1 Å². The molecule has 0 saturated carbocycles. The van der Waals surface area contributed by atoms with Crippen molar-refractivity contribution < 1.29 is 0 Å². The van der Waals surface area contributed by atoms with Crippen LogP contribution < -0.4 is 11.1 Å². The molecular weight excluding hydrogens is 272 g/mol. The highest BCUT2D eigenvalue weighted by Crippen LogP contribution is 2.28. The highest BCUT2D eigenvalue weighted by atomic mass is 79.9. The summed E-state index contributed by atoms with van der Waals surface area (Å²) >= 11 is 5.26. The van der Waals surface area contributed by atoms with Gasteiger partial charge in [0, 0.05) is 33.2 Å². The van der Waals surface area contributed by atoms with Gasteiger partial charge in [0.1, 0.15) is 0 Å². The molecule has 0 saturated heterocycles. The zero-order chi connectivity index (χ0) is 11.3. The Morgan fingerprint density at radius 3 is 2.73 bits per heavy atom. The summed E-state index contributed by atoms with van der Waals surface area (Å²) in [4.78, 5) is 1.38. The summed E-state index contributed by atoms with van der Waals surface area (Å²) in [5.41, 5.74) is 5.79.